The Balaban J connectivity index is 0.00000289. The van der Waals surface area contributed by atoms with Gasteiger partial charge in [-0.3, -0.25) is 4.79 Å². The van der Waals surface area contributed by atoms with Gasteiger partial charge in [-0.05, 0) is 42.2 Å². The SMILES string of the molecule is CCNC(=NCc1ccc(N2CCNC(=O)C2)cc1)N1CC=C(c2ccccc2)CC1.I. The number of carbonyl (C=O) groups excluding carboxylic acids is 1. The van der Waals surface area contributed by atoms with Gasteiger partial charge in [-0.2, -0.15) is 0 Å². The molecular formula is C25H32IN5O. The van der Waals surface area contributed by atoms with E-state index in [0.29, 0.717) is 19.6 Å². The molecule has 0 aliphatic carbocycles. The van der Waals surface area contributed by atoms with E-state index in [2.05, 4.69) is 88.0 Å². The minimum absolute atomic E-state index is 0. The average molecular weight is 545 g/mol. The average Bonchev–Trinajstić information content (AvgIpc) is 2.83. The third kappa shape index (κ3) is 6.25. The third-order valence-corrected chi connectivity index (χ3v) is 5.74. The maximum atomic E-state index is 11.6. The lowest BCUT2D eigenvalue weighted by atomic mass is 10.00. The van der Waals surface area contributed by atoms with Crippen LogP contribution in [0, 0.1) is 0 Å². The van der Waals surface area contributed by atoms with Crippen LogP contribution in [0.15, 0.2) is 65.7 Å². The summed E-state index contributed by atoms with van der Waals surface area (Å²) in [5.41, 5.74) is 4.98. The Hall–Kier alpha value is -2.55. The van der Waals surface area contributed by atoms with Crippen molar-refractivity contribution in [2.24, 2.45) is 4.99 Å². The Morgan fingerprint density at radius 2 is 1.88 bits per heavy atom. The van der Waals surface area contributed by atoms with Gasteiger partial charge in [-0.15, -0.1) is 24.0 Å². The summed E-state index contributed by atoms with van der Waals surface area (Å²) in [6.07, 6.45) is 3.34. The van der Waals surface area contributed by atoms with Crippen molar-refractivity contribution in [3.63, 3.8) is 0 Å². The summed E-state index contributed by atoms with van der Waals surface area (Å²) in [5, 5.41) is 6.31. The van der Waals surface area contributed by atoms with E-state index in [-0.39, 0.29) is 29.9 Å². The number of nitrogens with one attached hydrogen (secondary N) is 2. The van der Waals surface area contributed by atoms with Gasteiger partial charge in [0, 0.05) is 38.4 Å². The zero-order valence-electron chi connectivity index (χ0n) is 18.6. The number of amides is 1. The lowest BCUT2D eigenvalue weighted by Crippen LogP contribution is -2.47. The molecule has 170 valence electrons. The number of anilines is 1. The highest BCUT2D eigenvalue weighted by Gasteiger charge is 2.17. The normalized spacial score (nSPS) is 16.7. The van der Waals surface area contributed by atoms with Crippen LogP contribution in [0.1, 0.15) is 24.5 Å². The molecule has 2 aliphatic heterocycles. The number of aliphatic imine (C=N–C) groups is 1. The monoisotopic (exact) mass is 545 g/mol. The Kier molecular flexibility index (Phi) is 8.96. The molecule has 1 fully saturated rings. The Bertz CT molecular complexity index is 943. The van der Waals surface area contributed by atoms with Crippen molar-refractivity contribution in [2.45, 2.75) is 19.9 Å². The van der Waals surface area contributed by atoms with Crippen molar-refractivity contribution in [3.05, 3.63) is 71.8 Å². The highest BCUT2D eigenvalue weighted by molar-refractivity contribution is 14.0. The molecule has 2 aromatic rings. The number of benzene rings is 2. The van der Waals surface area contributed by atoms with Crippen LogP contribution in [0.3, 0.4) is 0 Å². The first-order valence-corrected chi connectivity index (χ1v) is 11.1. The van der Waals surface area contributed by atoms with Gasteiger partial charge in [0.1, 0.15) is 0 Å². The van der Waals surface area contributed by atoms with Gasteiger partial charge in [0.2, 0.25) is 5.91 Å². The smallest absolute Gasteiger partial charge is 0.239 e. The fourth-order valence-corrected chi connectivity index (χ4v) is 4.04. The second-order valence-corrected chi connectivity index (χ2v) is 7.90. The van der Waals surface area contributed by atoms with Crippen molar-refractivity contribution < 1.29 is 4.79 Å². The molecule has 2 aliphatic rings. The highest BCUT2D eigenvalue weighted by Crippen LogP contribution is 2.22. The predicted molar refractivity (Wildman–Crippen MR) is 143 cm³/mol. The topological polar surface area (TPSA) is 60.0 Å². The summed E-state index contributed by atoms with van der Waals surface area (Å²) in [6, 6.07) is 19.0. The number of halogens is 1. The van der Waals surface area contributed by atoms with Crippen molar-refractivity contribution in [1.29, 1.82) is 0 Å². The minimum atomic E-state index is 0. The molecule has 0 aromatic heterocycles. The van der Waals surface area contributed by atoms with Crippen LogP contribution in [0.4, 0.5) is 5.69 Å². The van der Waals surface area contributed by atoms with E-state index < -0.39 is 0 Å². The molecule has 1 saturated heterocycles. The molecule has 6 nitrogen and oxygen atoms in total. The van der Waals surface area contributed by atoms with Crippen molar-refractivity contribution >= 4 is 47.1 Å². The minimum Gasteiger partial charge on any atom is -0.360 e. The summed E-state index contributed by atoms with van der Waals surface area (Å²) in [6.45, 7) is 7.39. The molecule has 0 spiro atoms. The van der Waals surface area contributed by atoms with Crippen LogP contribution in [0.2, 0.25) is 0 Å². The lowest BCUT2D eigenvalue weighted by Gasteiger charge is -2.30. The van der Waals surface area contributed by atoms with Gasteiger partial charge in [0.05, 0.1) is 13.1 Å². The Morgan fingerprint density at radius 1 is 1.09 bits per heavy atom. The van der Waals surface area contributed by atoms with Crippen molar-refractivity contribution in [3.8, 4) is 0 Å². The summed E-state index contributed by atoms with van der Waals surface area (Å²) in [4.78, 5) is 20.9. The molecule has 0 saturated carbocycles. The van der Waals surface area contributed by atoms with Gasteiger partial charge >= 0.3 is 0 Å². The quantitative estimate of drug-likeness (QED) is 0.343. The van der Waals surface area contributed by atoms with Crippen molar-refractivity contribution in [1.82, 2.24) is 15.5 Å². The van der Waals surface area contributed by atoms with E-state index in [0.717, 1.165) is 49.8 Å². The molecular weight excluding hydrogens is 513 g/mol. The third-order valence-electron chi connectivity index (χ3n) is 5.74. The Labute approximate surface area is 207 Å². The van der Waals surface area contributed by atoms with Crippen molar-refractivity contribution in [2.75, 3.05) is 44.2 Å². The number of rotatable bonds is 5. The van der Waals surface area contributed by atoms with Crippen LogP contribution in [-0.4, -0.2) is 56.0 Å². The number of nitrogens with zero attached hydrogens (tertiary/aromatic N) is 3. The summed E-state index contributed by atoms with van der Waals surface area (Å²) >= 11 is 0. The summed E-state index contributed by atoms with van der Waals surface area (Å²) in [7, 11) is 0. The van der Waals surface area contributed by atoms with Gasteiger partial charge in [-0.25, -0.2) is 4.99 Å². The second kappa shape index (κ2) is 11.9. The largest absolute Gasteiger partial charge is 0.360 e. The van der Waals surface area contributed by atoms with Gasteiger partial charge in [0.15, 0.2) is 5.96 Å². The van der Waals surface area contributed by atoms with E-state index in [9.17, 15) is 4.79 Å². The number of hydrogen-bond acceptors (Lipinski definition) is 3. The van der Waals surface area contributed by atoms with Gasteiger partial charge in [0.25, 0.3) is 0 Å². The predicted octanol–water partition coefficient (Wildman–Crippen LogP) is 3.50. The molecule has 0 radical (unpaired) electrons. The first-order chi connectivity index (χ1) is 15.2. The van der Waals surface area contributed by atoms with Crippen LogP contribution in [0.5, 0.6) is 0 Å². The van der Waals surface area contributed by atoms with Crippen LogP contribution >= 0.6 is 24.0 Å². The molecule has 2 aromatic carbocycles. The van der Waals surface area contributed by atoms with E-state index in [1.54, 1.807) is 0 Å². The number of hydrogen-bond donors (Lipinski definition) is 2. The molecule has 2 N–H and O–H groups in total. The second-order valence-electron chi connectivity index (χ2n) is 7.90. The number of carbonyl (C=O) groups is 1. The van der Waals surface area contributed by atoms with Gasteiger partial charge in [-0.1, -0.05) is 48.5 Å². The molecule has 4 rings (SSSR count). The summed E-state index contributed by atoms with van der Waals surface area (Å²) < 4.78 is 0. The first-order valence-electron chi connectivity index (χ1n) is 11.1. The molecule has 7 heteroatoms. The van der Waals surface area contributed by atoms with E-state index >= 15 is 0 Å². The van der Waals surface area contributed by atoms with Gasteiger partial charge < -0.3 is 20.4 Å². The van der Waals surface area contributed by atoms with Crippen LogP contribution < -0.4 is 15.5 Å². The zero-order valence-corrected chi connectivity index (χ0v) is 20.9. The molecule has 0 atom stereocenters. The molecule has 1 amide bonds. The molecule has 0 unspecified atom stereocenters. The maximum absolute atomic E-state index is 11.6. The van der Waals surface area contributed by atoms with Crippen LogP contribution in [0.25, 0.3) is 5.57 Å². The molecule has 2 heterocycles. The first kappa shape index (κ1) is 24.1. The number of piperazine rings is 1. The lowest BCUT2D eigenvalue weighted by molar-refractivity contribution is -0.120. The fraction of sp³-hybridized carbons (Fsp3) is 0.360. The maximum Gasteiger partial charge on any atom is 0.239 e. The van der Waals surface area contributed by atoms with E-state index in [1.165, 1.54) is 11.1 Å². The summed E-state index contributed by atoms with van der Waals surface area (Å²) in [5.74, 6) is 1.05. The zero-order chi connectivity index (χ0) is 21.5. The molecule has 32 heavy (non-hydrogen) atoms. The van der Waals surface area contributed by atoms with E-state index in [1.807, 2.05) is 0 Å². The van der Waals surface area contributed by atoms with Crippen LogP contribution in [-0.2, 0) is 11.3 Å². The molecule has 0 bridgehead atoms. The Morgan fingerprint density at radius 3 is 2.53 bits per heavy atom. The van der Waals surface area contributed by atoms with E-state index in [4.69, 9.17) is 4.99 Å². The standard InChI is InChI=1S/C25H31N5O.HI/c1-2-26-25(29-15-12-22(13-16-29)21-6-4-3-5-7-21)28-18-20-8-10-23(11-9-20)30-17-14-27-24(31)19-30;/h3-12H,2,13-19H2,1H3,(H,26,28)(H,27,31);1H. The number of guanidine groups is 1. The highest BCUT2D eigenvalue weighted by atomic mass is 127. The fourth-order valence-electron chi connectivity index (χ4n) is 4.04.